The fourth-order valence-electron chi connectivity index (χ4n) is 1.85. The van der Waals surface area contributed by atoms with E-state index in [2.05, 4.69) is 5.10 Å². The maximum Gasteiger partial charge on any atom is 0.277 e. The molecule has 0 radical (unpaired) electrons. The van der Waals surface area contributed by atoms with Crippen LogP contribution in [0.1, 0.15) is 17.3 Å². The highest BCUT2D eigenvalue weighted by atomic mass is 16.5. The average Bonchev–Trinajstić information content (AvgIpc) is 2.41. The lowest BCUT2D eigenvalue weighted by molar-refractivity contribution is 0.101. The van der Waals surface area contributed by atoms with Crippen molar-refractivity contribution < 1.29 is 9.53 Å². The van der Waals surface area contributed by atoms with Crippen LogP contribution < -0.4 is 10.3 Å². The van der Waals surface area contributed by atoms with Gasteiger partial charge in [-0.1, -0.05) is 12.1 Å². The second-order valence-corrected chi connectivity index (χ2v) is 4.13. The van der Waals surface area contributed by atoms with E-state index in [1.54, 1.807) is 13.2 Å². The number of aryl methyl sites for hydroxylation is 1. The third-order valence-corrected chi connectivity index (χ3v) is 2.83. The predicted octanol–water partition coefficient (Wildman–Crippen LogP) is 1.66. The van der Waals surface area contributed by atoms with E-state index in [4.69, 9.17) is 4.74 Å². The van der Waals surface area contributed by atoms with Gasteiger partial charge in [0.15, 0.2) is 5.78 Å². The lowest BCUT2D eigenvalue weighted by Gasteiger charge is -2.09. The quantitative estimate of drug-likeness (QED) is 0.785. The van der Waals surface area contributed by atoms with Crippen LogP contribution in [0.4, 0.5) is 0 Å². The van der Waals surface area contributed by atoms with Crippen LogP contribution >= 0.6 is 0 Å². The van der Waals surface area contributed by atoms with Crippen molar-refractivity contribution in [3.05, 3.63) is 46.2 Å². The molecular weight excluding hydrogens is 244 g/mol. The van der Waals surface area contributed by atoms with Crippen LogP contribution in [0.25, 0.3) is 11.3 Å². The van der Waals surface area contributed by atoms with Gasteiger partial charge < -0.3 is 4.74 Å². The van der Waals surface area contributed by atoms with Crippen LogP contribution in [0.3, 0.4) is 0 Å². The van der Waals surface area contributed by atoms with Gasteiger partial charge in [-0.15, -0.1) is 0 Å². The Morgan fingerprint density at radius 3 is 2.63 bits per heavy atom. The predicted molar refractivity (Wildman–Crippen MR) is 71.5 cm³/mol. The molecule has 5 heteroatoms. The van der Waals surface area contributed by atoms with Gasteiger partial charge in [0, 0.05) is 12.6 Å². The number of rotatable bonds is 3. The largest absolute Gasteiger partial charge is 0.496 e. The molecule has 1 heterocycles. The number of ether oxygens (including phenoxy) is 1. The zero-order valence-corrected chi connectivity index (χ0v) is 11.0. The minimum Gasteiger partial charge on any atom is -0.496 e. The number of para-hydroxylation sites is 1. The number of aromatic nitrogens is 2. The molecule has 1 aromatic carbocycles. The van der Waals surface area contributed by atoms with Gasteiger partial charge in [0.05, 0.1) is 18.4 Å². The number of methoxy groups -OCH3 is 1. The molecule has 2 rings (SSSR count). The van der Waals surface area contributed by atoms with E-state index in [9.17, 15) is 9.59 Å². The van der Waals surface area contributed by atoms with Crippen LogP contribution in [-0.4, -0.2) is 22.7 Å². The lowest BCUT2D eigenvalue weighted by Crippen LogP contribution is -2.25. The summed E-state index contributed by atoms with van der Waals surface area (Å²) in [7, 11) is 3.08. The maximum absolute atomic E-state index is 11.8. The summed E-state index contributed by atoms with van der Waals surface area (Å²) in [5, 5.41) is 4.17. The SMILES string of the molecule is COc1ccccc1-c1cc(C(C)=O)c(=O)n(C)n1. The highest BCUT2D eigenvalue weighted by molar-refractivity contribution is 5.94. The van der Waals surface area contributed by atoms with Crippen molar-refractivity contribution in [3.8, 4) is 17.0 Å². The van der Waals surface area contributed by atoms with Crippen LogP contribution in [-0.2, 0) is 7.05 Å². The molecule has 2 aromatic rings. The Morgan fingerprint density at radius 2 is 2.00 bits per heavy atom. The van der Waals surface area contributed by atoms with E-state index in [1.165, 1.54) is 24.7 Å². The molecule has 0 bridgehead atoms. The van der Waals surface area contributed by atoms with Crippen molar-refractivity contribution in [3.63, 3.8) is 0 Å². The zero-order valence-electron chi connectivity index (χ0n) is 11.0. The highest BCUT2D eigenvalue weighted by Crippen LogP contribution is 2.27. The summed E-state index contributed by atoms with van der Waals surface area (Å²) in [6.07, 6.45) is 0. The fraction of sp³-hybridized carbons (Fsp3) is 0.214. The first kappa shape index (κ1) is 13.0. The van der Waals surface area contributed by atoms with Gasteiger partial charge in [-0.25, -0.2) is 4.68 Å². The van der Waals surface area contributed by atoms with Crippen molar-refractivity contribution in [2.45, 2.75) is 6.92 Å². The van der Waals surface area contributed by atoms with E-state index in [-0.39, 0.29) is 11.3 Å². The standard InChI is InChI=1S/C14H14N2O3/c1-9(17)11-8-12(15-16(2)14(11)18)10-6-4-5-7-13(10)19-3/h4-8H,1-3H3. The Labute approximate surface area is 110 Å². The molecule has 0 aliphatic carbocycles. The third-order valence-electron chi connectivity index (χ3n) is 2.83. The van der Waals surface area contributed by atoms with Gasteiger partial charge in [-0.3, -0.25) is 9.59 Å². The monoisotopic (exact) mass is 258 g/mol. The molecule has 0 saturated heterocycles. The molecule has 0 atom stereocenters. The van der Waals surface area contributed by atoms with Crippen molar-refractivity contribution in [1.29, 1.82) is 0 Å². The molecule has 0 N–H and O–H groups in total. The molecule has 0 amide bonds. The van der Waals surface area contributed by atoms with Crippen molar-refractivity contribution in [2.24, 2.45) is 7.05 Å². The van der Waals surface area contributed by atoms with E-state index >= 15 is 0 Å². The minimum atomic E-state index is -0.397. The first-order valence-corrected chi connectivity index (χ1v) is 5.77. The van der Waals surface area contributed by atoms with Gasteiger partial charge in [-0.2, -0.15) is 5.10 Å². The summed E-state index contributed by atoms with van der Waals surface area (Å²) in [6.45, 7) is 1.36. The average molecular weight is 258 g/mol. The Bertz CT molecular complexity index is 689. The maximum atomic E-state index is 11.8. The summed E-state index contributed by atoms with van der Waals surface area (Å²) in [4.78, 5) is 23.3. The first-order valence-electron chi connectivity index (χ1n) is 5.77. The van der Waals surface area contributed by atoms with Crippen molar-refractivity contribution >= 4 is 5.78 Å². The second kappa shape index (κ2) is 5.06. The third kappa shape index (κ3) is 2.40. The smallest absolute Gasteiger partial charge is 0.277 e. The fourth-order valence-corrected chi connectivity index (χ4v) is 1.85. The number of hydrogen-bond acceptors (Lipinski definition) is 4. The molecule has 5 nitrogen and oxygen atoms in total. The second-order valence-electron chi connectivity index (χ2n) is 4.13. The topological polar surface area (TPSA) is 61.2 Å². The molecular formula is C14H14N2O3. The van der Waals surface area contributed by atoms with Gasteiger partial charge >= 0.3 is 0 Å². The zero-order chi connectivity index (χ0) is 14.0. The summed E-state index contributed by atoms with van der Waals surface area (Å²) in [5.74, 6) is 0.363. The van der Waals surface area contributed by atoms with Crippen LogP contribution in [0, 0.1) is 0 Å². The highest BCUT2D eigenvalue weighted by Gasteiger charge is 2.13. The van der Waals surface area contributed by atoms with Crippen LogP contribution in [0.15, 0.2) is 35.1 Å². The molecule has 0 fully saturated rings. The molecule has 19 heavy (non-hydrogen) atoms. The summed E-state index contributed by atoms with van der Waals surface area (Å²) in [6, 6.07) is 8.82. The number of benzene rings is 1. The molecule has 0 aliphatic heterocycles. The van der Waals surface area contributed by atoms with E-state index < -0.39 is 5.56 Å². The Hall–Kier alpha value is -2.43. The number of ketones is 1. The number of carbonyl (C=O) groups is 1. The molecule has 0 spiro atoms. The van der Waals surface area contributed by atoms with Crippen LogP contribution in [0.5, 0.6) is 5.75 Å². The Morgan fingerprint density at radius 1 is 1.32 bits per heavy atom. The number of nitrogens with zero attached hydrogens (tertiary/aromatic N) is 2. The van der Waals surface area contributed by atoms with Crippen LogP contribution in [0.2, 0.25) is 0 Å². The van der Waals surface area contributed by atoms with E-state index in [0.717, 1.165) is 5.56 Å². The van der Waals surface area contributed by atoms with Gasteiger partial charge in [-0.05, 0) is 25.1 Å². The van der Waals surface area contributed by atoms with Crippen molar-refractivity contribution in [1.82, 2.24) is 9.78 Å². The van der Waals surface area contributed by atoms with Crippen molar-refractivity contribution in [2.75, 3.05) is 7.11 Å². The summed E-state index contributed by atoms with van der Waals surface area (Å²) in [5.41, 5.74) is 0.998. The molecule has 0 saturated carbocycles. The molecule has 0 unspecified atom stereocenters. The summed E-state index contributed by atoms with van der Waals surface area (Å²) < 4.78 is 6.42. The number of hydrogen-bond donors (Lipinski definition) is 0. The normalized spacial score (nSPS) is 10.3. The minimum absolute atomic E-state index is 0.124. The molecule has 98 valence electrons. The lowest BCUT2D eigenvalue weighted by atomic mass is 10.1. The molecule has 0 aliphatic rings. The molecule has 1 aromatic heterocycles. The number of Topliss-reactive ketones (excluding diaryl/α,β-unsaturated/α-hetero) is 1. The Kier molecular flexibility index (Phi) is 3.46. The van der Waals surface area contributed by atoms with Gasteiger partial charge in [0.1, 0.15) is 5.75 Å². The van der Waals surface area contributed by atoms with E-state index in [1.807, 2.05) is 18.2 Å². The number of carbonyl (C=O) groups excluding carboxylic acids is 1. The summed E-state index contributed by atoms with van der Waals surface area (Å²) >= 11 is 0. The first-order chi connectivity index (χ1) is 9.04. The Balaban J connectivity index is 2.70. The van der Waals surface area contributed by atoms with E-state index in [0.29, 0.717) is 11.4 Å². The van der Waals surface area contributed by atoms with Gasteiger partial charge in [0.2, 0.25) is 0 Å². The van der Waals surface area contributed by atoms with Gasteiger partial charge in [0.25, 0.3) is 5.56 Å².